The maximum Gasteiger partial charge on any atom is 0.251 e. The van der Waals surface area contributed by atoms with Crippen LogP contribution in [-0.2, 0) is 13.1 Å². The molecular formula is C33H42N4O3S. The summed E-state index contributed by atoms with van der Waals surface area (Å²) in [6.45, 7) is 7.25. The van der Waals surface area contributed by atoms with Crippen molar-refractivity contribution in [1.82, 2.24) is 20.5 Å². The fourth-order valence-corrected chi connectivity index (χ4v) is 4.47. The Balaban J connectivity index is 0.000000280. The number of aromatic nitrogens is 1. The second kappa shape index (κ2) is 19.3. The number of rotatable bonds is 11. The fourth-order valence-electron chi connectivity index (χ4n) is 3.57. The highest BCUT2D eigenvalue weighted by Gasteiger charge is 2.05. The Kier molecular flexibility index (Phi) is 15.7. The van der Waals surface area contributed by atoms with Gasteiger partial charge in [-0.15, -0.1) is 11.3 Å². The number of amides is 1. The van der Waals surface area contributed by atoms with Gasteiger partial charge in [0.25, 0.3) is 5.91 Å². The molecule has 4 aromatic rings. The lowest BCUT2D eigenvalue weighted by Crippen LogP contribution is -2.27. The van der Waals surface area contributed by atoms with Crippen molar-refractivity contribution in [2.45, 2.75) is 33.4 Å². The zero-order valence-corrected chi connectivity index (χ0v) is 25.5. The monoisotopic (exact) mass is 574 g/mol. The number of carbonyl (C=O) groups is 2. The van der Waals surface area contributed by atoms with Gasteiger partial charge in [-0.1, -0.05) is 60.2 Å². The number of ether oxygens (including phenoxy) is 1. The predicted molar refractivity (Wildman–Crippen MR) is 169 cm³/mol. The van der Waals surface area contributed by atoms with Crippen molar-refractivity contribution in [3.63, 3.8) is 0 Å². The smallest absolute Gasteiger partial charge is 0.251 e. The SMILES string of the molecule is COc1cccc(CNCCCNC(=O)c2cccc(C=O)c2)c1.Cc1ccccc1.Cc1cnc(CN(C)C)s1. The Labute approximate surface area is 248 Å². The number of benzene rings is 3. The number of aldehydes is 1. The minimum Gasteiger partial charge on any atom is -0.497 e. The van der Waals surface area contributed by atoms with Crippen LogP contribution in [-0.4, -0.2) is 56.4 Å². The van der Waals surface area contributed by atoms with Crippen LogP contribution in [0.3, 0.4) is 0 Å². The zero-order valence-electron chi connectivity index (χ0n) is 24.7. The third kappa shape index (κ3) is 14.4. The zero-order chi connectivity index (χ0) is 29.9. The summed E-state index contributed by atoms with van der Waals surface area (Å²) in [7, 11) is 5.76. The van der Waals surface area contributed by atoms with Crippen LogP contribution in [0.4, 0.5) is 0 Å². The molecule has 0 spiro atoms. The molecule has 0 aliphatic rings. The number of carbonyl (C=O) groups excluding carboxylic acids is 2. The Morgan fingerprint density at radius 1 is 0.976 bits per heavy atom. The molecule has 0 bridgehead atoms. The Hall–Kier alpha value is -3.85. The van der Waals surface area contributed by atoms with E-state index in [-0.39, 0.29) is 5.91 Å². The molecule has 0 saturated heterocycles. The lowest BCUT2D eigenvalue weighted by Gasteiger charge is -2.08. The van der Waals surface area contributed by atoms with E-state index in [9.17, 15) is 9.59 Å². The van der Waals surface area contributed by atoms with Crippen molar-refractivity contribution in [1.29, 1.82) is 0 Å². The molecule has 0 aliphatic carbocycles. The number of nitrogens with zero attached hydrogens (tertiary/aromatic N) is 2. The molecular weight excluding hydrogens is 532 g/mol. The summed E-state index contributed by atoms with van der Waals surface area (Å²) in [6.07, 6.45) is 3.48. The van der Waals surface area contributed by atoms with Crippen LogP contribution >= 0.6 is 11.3 Å². The number of hydrogen-bond donors (Lipinski definition) is 2. The van der Waals surface area contributed by atoms with Gasteiger partial charge in [-0.25, -0.2) is 4.98 Å². The van der Waals surface area contributed by atoms with Gasteiger partial charge in [0.05, 0.1) is 7.11 Å². The quantitative estimate of drug-likeness (QED) is 0.171. The van der Waals surface area contributed by atoms with Crippen molar-refractivity contribution in [2.75, 3.05) is 34.3 Å². The van der Waals surface area contributed by atoms with E-state index in [1.165, 1.54) is 15.4 Å². The molecule has 8 heteroatoms. The van der Waals surface area contributed by atoms with Crippen LogP contribution in [0.25, 0.3) is 0 Å². The van der Waals surface area contributed by atoms with E-state index < -0.39 is 0 Å². The van der Waals surface area contributed by atoms with Crippen LogP contribution in [0.5, 0.6) is 5.75 Å². The van der Waals surface area contributed by atoms with Crippen molar-refractivity contribution >= 4 is 23.5 Å². The third-order valence-electron chi connectivity index (χ3n) is 5.63. The Morgan fingerprint density at radius 3 is 2.34 bits per heavy atom. The molecule has 41 heavy (non-hydrogen) atoms. The number of thiazole rings is 1. The minimum atomic E-state index is -0.161. The van der Waals surface area contributed by atoms with E-state index >= 15 is 0 Å². The average Bonchev–Trinajstić information content (AvgIpc) is 3.39. The molecule has 1 heterocycles. The number of hydrogen-bond acceptors (Lipinski definition) is 7. The maximum absolute atomic E-state index is 12.0. The van der Waals surface area contributed by atoms with Crippen LogP contribution in [0.1, 0.15) is 48.1 Å². The molecule has 3 aromatic carbocycles. The summed E-state index contributed by atoms with van der Waals surface area (Å²) in [5, 5.41) is 7.38. The largest absolute Gasteiger partial charge is 0.497 e. The molecule has 7 nitrogen and oxygen atoms in total. The normalized spacial score (nSPS) is 10.1. The Morgan fingerprint density at radius 2 is 1.73 bits per heavy atom. The average molecular weight is 575 g/mol. The van der Waals surface area contributed by atoms with E-state index in [4.69, 9.17) is 4.74 Å². The lowest BCUT2D eigenvalue weighted by molar-refractivity contribution is 0.0953. The predicted octanol–water partition coefficient (Wildman–Crippen LogP) is 5.93. The molecule has 0 fully saturated rings. The first-order chi connectivity index (χ1) is 19.8. The lowest BCUT2D eigenvalue weighted by atomic mass is 10.1. The van der Waals surface area contributed by atoms with E-state index in [2.05, 4.69) is 60.6 Å². The van der Waals surface area contributed by atoms with Crippen molar-refractivity contribution in [3.05, 3.63) is 117 Å². The van der Waals surface area contributed by atoms with Gasteiger partial charge < -0.3 is 20.3 Å². The van der Waals surface area contributed by atoms with Gasteiger partial charge in [0.2, 0.25) is 0 Å². The summed E-state index contributed by atoms with van der Waals surface area (Å²) in [5.74, 6) is 0.686. The second-order valence-corrected chi connectivity index (χ2v) is 11.0. The van der Waals surface area contributed by atoms with Gasteiger partial charge in [0.15, 0.2) is 0 Å². The van der Waals surface area contributed by atoms with Crippen LogP contribution < -0.4 is 15.4 Å². The number of methoxy groups -OCH3 is 1. The molecule has 0 aliphatic heterocycles. The molecule has 0 atom stereocenters. The minimum absolute atomic E-state index is 0.161. The molecule has 2 N–H and O–H groups in total. The third-order valence-corrected chi connectivity index (χ3v) is 6.52. The summed E-state index contributed by atoms with van der Waals surface area (Å²) in [4.78, 5) is 30.3. The number of aryl methyl sites for hydroxylation is 2. The summed E-state index contributed by atoms with van der Waals surface area (Å²) in [6, 6.07) is 24.8. The van der Waals surface area contributed by atoms with Crippen molar-refractivity contribution < 1.29 is 14.3 Å². The first-order valence-electron chi connectivity index (χ1n) is 13.6. The van der Waals surface area contributed by atoms with Crippen molar-refractivity contribution in [3.8, 4) is 5.75 Å². The van der Waals surface area contributed by atoms with E-state index in [1.54, 1.807) is 42.7 Å². The standard InChI is InChI=1S/C19H22N2O3.C7H12N2S.C7H8/c1-24-18-8-3-5-15(12-18)13-20-9-4-10-21-19(23)17-7-2-6-16(11-17)14-22;1-6-4-8-7(10-6)5-9(2)3;1-7-5-3-2-4-6-7/h2-3,5-8,11-12,14,20H,4,9-10,13H2,1H3,(H,21,23);4H,5H2,1-3H3;2-6H,1H3. The van der Waals surface area contributed by atoms with Gasteiger partial charge in [-0.05, 0) is 70.7 Å². The molecule has 1 aromatic heterocycles. The number of nitrogens with one attached hydrogen (secondary N) is 2. The summed E-state index contributed by atoms with van der Waals surface area (Å²) >= 11 is 1.76. The highest BCUT2D eigenvalue weighted by Crippen LogP contribution is 2.12. The maximum atomic E-state index is 12.0. The van der Waals surface area contributed by atoms with Gasteiger partial charge in [0, 0.05) is 41.8 Å². The highest BCUT2D eigenvalue weighted by atomic mass is 32.1. The van der Waals surface area contributed by atoms with Gasteiger partial charge >= 0.3 is 0 Å². The molecule has 0 saturated carbocycles. The molecule has 0 radical (unpaired) electrons. The molecule has 218 valence electrons. The second-order valence-electron chi connectivity index (χ2n) is 9.64. The van der Waals surface area contributed by atoms with Crippen molar-refractivity contribution in [2.24, 2.45) is 0 Å². The van der Waals surface area contributed by atoms with Gasteiger partial charge in [-0.3, -0.25) is 9.59 Å². The fraction of sp³-hybridized carbons (Fsp3) is 0.303. The van der Waals surface area contributed by atoms with Crippen LogP contribution in [0.15, 0.2) is 85.1 Å². The van der Waals surface area contributed by atoms with Gasteiger partial charge in [-0.2, -0.15) is 0 Å². The van der Waals surface area contributed by atoms with Crippen LogP contribution in [0, 0.1) is 13.8 Å². The molecule has 0 unspecified atom stereocenters. The summed E-state index contributed by atoms with van der Waals surface area (Å²) < 4.78 is 5.19. The Bertz CT molecular complexity index is 1310. The topological polar surface area (TPSA) is 83.6 Å². The molecule has 4 rings (SSSR count). The summed E-state index contributed by atoms with van der Waals surface area (Å²) in [5.41, 5.74) is 3.48. The van der Waals surface area contributed by atoms with E-state index in [0.717, 1.165) is 43.7 Å². The van der Waals surface area contributed by atoms with E-state index in [0.29, 0.717) is 17.7 Å². The van der Waals surface area contributed by atoms with E-state index in [1.807, 2.05) is 48.7 Å². The molecule has 1 amide bonds. The first-order valence-corrected chi connectivity index (χ1v) is 14.4. The first kappa shape index (κ1) is 33.4. The van der Waals surface area contributed by atoms with Crippen LogP contribution in [0.2, 0.25) is 0 Å². The van der Waals surface area contributed by atoms with Gasteiger partial charge in [0.1, 0.15) is 17.0 Å². The highest BCUT2D eigenvalue weighted by molar-refractivity contribution is 7.11.